The normalized spacial score (nSPS) is 15.7. The van der Waals surface area contributed by atoms with Crippen molar-refractivity contribution in [3.63, 3.8) is 0 Å². The molecule has 1 aliphatic heterocycles. The minimum absolute atomic E-state index is 0.265. The van der Waals surface area contributed by atoms with Gasteiger partial charge in [0, 0.05) is 22.7 Å². The number of amides is 1. The smallest absolute Gasteiger partial charge is 0.326 e. The van der Waals surface area contributed by atoms with Crippen LogP contribution in [0.25, 0.3) is 33.0 Å². The van der Waals surface area contributed by atoms with Gasteiger partial charge < -0.3 is 10.0 Å². The predicted octanol–water partition coefficient (Wildman–Crippen LogP) is 6.52. The van der Waals surface area contributed by atoms with Crippen LogP contribution in [0, 0.1) is 0 Å². The molecule has 0 bridgehead atoms. The highest BCUT2D eigenvalue weighted by Crippen LogP contribution is 2.38. The van der Waals surface area contributed by atoms with Crippen LogP contribution in [0.15, 0.2) is 84.9 Å². The number of likely N-dealkylation sites (tertiary alicyclic amines) is 1. The molecule has 5 heteroatoms. The number of carboxylic acid groups (broad SMARTS) is 1. The molecule has 4 aromatic rings. The van der Waals surface area contributed by atoms with Gasteiger partial charge in [-0.2, -0.15) is 0 Å². The Hall–Kier alpha value is -3.63. The lowest BCUT2D eigenvalue weighted by Crippen LogP contribution is -2.40. The van der Waals surface area contributed by atoms with Crippen molar-refractivity contribution in [1.29, 1.82) is 0 Å². The Labute approximate surface area is 197 Å². The molecular weight excluding hydrogens is 434 g/mol. The van der Waals surface area contributed by atoms with Gasteiger partial charge in [0.2, 0.25) is 0 Å². The second-order valence-electron chi connectivity index (χ2n) is 8.30. The van der Waals surface area contributed by atoms with Gasteiger partial charge in [0.25, 0.3) is 5.91 Å². The number of nitrogens with zero attached hydrogens (tertiary/aromatic N) is 1. The number of carbonyl (C=O) groups excluding carboxylic acids is 1. The highest BCUT2D eigenvalue weighted by molar-refractivity contribution is 6.33. The molecule has 1 fully saturated rings. The van der Waals surface area contributed by atoms with E-state index >= 15 is 0 Å². The van der Waals surface area contributed by atoms with E-state index in [9.17, 15) is 14.7 Å². The minimum atomic E-state index is -0.958. The number of hydrogen-bond acceptors (Lipinski definition) is 2. The van der Waals surface area contributed by atoms with Crippen molar-refractivity contribution in [3.05, 3.63) is 95.5 Å². The molecular formula is C28H22ClNO3. The summed E-state index contributed by atoms with van der Waals surface area (Å²) in [6.45, 7) is 0.448. The molecule has 0 saturated carbocycles. The van der Waals surface area contributed by atoms with E-state index in [-0.39, 0.29) is 5.91 Å². The zero-order valence-electron chi connectivity index (χ0n) is 17.9. The van der Waals surface area contributed by atoms with Gasteiger partial charge in [-0.1, -0.05) is 72.3 Å². The number of rotatable bonds is 4. The van der Waals surface area contributed by atoms with E-state index in [1.54, 1.807) is 6.07 Å². The van der Waals surface area contributed by atoms with Crippen LogP contribution in [0.1, 0.15) is 23.2 Å². The molecule has 1 saturated heterocycles. The summed E-state index contributed by atoms with van der Waals surface area (Å²) in [7, 11) is 0. The maximum atomic E-state index is 13.3. The molecule has 1 amide bonds. The molecule has 1 atom stereocenters. The van der Waals surface area contributed by atoms with Crippen molar-refractivity contribution in [1.82, 2.24) is 4.90 Å². The van der Waals surface area contributed by atoms with Crippen molar-refractivity contribution in [3.8, 4) is 22.3 Å². The number of aliphatic carboxylic acids is 1. The standard InChI is InChI=1S/C28H22ClNO3/c29-25-9-4-3-8-23(25)24-17-21(27(31)30-15-5-10-26(30)28(32)33)13-14-22(24)20-12-11-18-6-1-2-7-19(18)16-20/h1-4,6-9,11-14,16-17,26H,5,10,15H2,(H,32,33). The molecule has 0 aromatic heterocycles. The molecule has 4 aromatic carbocycles. The summed E-state index contributed by atoms with van der Waals surface area (Å²) in [5, 5.41) is 12.4. The number of benzene rings is 4. The summed E-state index contributed by atoms with van der Waals surface area (Å²) in [5.41, 5.74) is 4.11. The molecule has 33 heavy (non-hydrogen) atoms. The van der Waals surface area contributed by atoms with E-state index in [0.29, 0.717) is 30.0 Å². The predicted molar refractivity (Wildman–Crippen MR) is 132 cm³/mol. The quantitative estimate of drug-likeness (QED) is 0.381. The van der Waals surface area contributed by atoms with Crippen LogP contribution < -0.4 is 0 Å². The van der Waals surface area contributed by atoms with E-state index in [2.05, 4.69) is 30.3 Å². The molecule has 1 aliphatic rings. The summed E-state index contributed by atoms with van der Waals surface area (Å²) in [5.74, 6) is -1.22. The fourth-order valence-electron chi connectivity index (χ4n) is 4.62. The Morgan fingerprint density at radius 3 is 2.36 bits per heavy atom. The lowest BCUT2D eigenvalue weighted by Gasteiger charge is -2.22. The molecule has 0 radical (unpaired) electrons. The summed E-state index contributed by atoms with van der Waals surface area (Å²) in [4.78, 5) is 26.4. The van der Waals surface area contributed by atoms with E-state index in [0.717, 1.165) is 33.0 Å². The van der Waals surface area contributed by atoms with Crippen LogP contribution in [-0.2, 0) is 4.79 Å². The van der Waals surface area contributed by atoms with Gasteiger partial charge in [-0.15, -0.1) is 0 Å². The molecule has 1 N–H and O–H groups in total. The zero-order valence-corrected chi connectivity index (χ0v) is 18.6. The monoisotopic (exact) mass is 455 g/mol. The van der Waals surface area contributed by atoms with Gasteiger partial charge in [-0.3, -0.25) is 4.79 Å². The topological polar surface area (TPSA) is 57.6 Å². The van der Waals surface area contributed by atoms with Gasteiger partial charge in [-0.25, -0.2) is 4.79 Å². The fraction of sp³-hybridized carbons (Fsp3) is 0.143. The summed E-state index contributed by atoms with van der Waals surface area (Å²) < 4.78 is 0. The summed E-state index contributed by atoms with van der Waals surface area (Å²) in [6.07, 6.45) is 1.17. The van der Waals surface area contributed by atoms with Crippen LogP contribution in [0.4, 0.5) is 0 Å². The zero-order chi connectivity index (χ0) is 22.9. The van der Waals surface area contributed by atoms with Crippen LogP contribution in [-0.4, -0.2) is 34.5 Å². The summed E-state index contributed by atoms with van der Waals surface area (Å²) >= 11 is 6.56. The number of carboxylic acids is 1. The third-order valence-corrected chi connectivity index (χ3v) is 6.62. The largest absolute Gasteiger partial charge is 0.480 e. The van der Waals surface area contributed by atoms with Gasteiger partial charge in [0.05, 0.1) is 0 Å². The van der Waals surface area contributed by atoms with Crippen molar-refractivity contribution >= 4 is 34.2 Å². The summed E-state index contributed by atoms with van der Waals surface area (Å²) in [6, 6.07) is 26.8. The van der Waals surface area contributed by atoms with E-state index in [1.807, 2.05) is 48.5 Å². The van der Waals surface area contributed by atoms with Crippen molar-refractivity contribution in [2.45, 2.75) is 18.9 Å². The Balaban J connectivity index is 1.64. The van der Waals surface area contributed by atoms with Crippen molar-refractivity contribution in [2.75, 3.05) is 6.54 Å². The Morgan fingerprint density at radius 1 is 0.818 bits per heavy atom. The molecule has 164 valence electrons. The maximum Gasteiger partial charge on any atom is 0.326 e. The maximum absolute atomic E-state index is 13.3. The number of fused-ring (bicyclic) bond motifs is 1. The highest BCUT2D eigenvalue weighted by atomic mass is 35.5. The number of halogens is 1. The molecule has 1 heterocycles. The SMILES string of the molecule is O=C(O)C1CCCN1C(=O)c1ccc(-c2ccc3ccccc3c2)c(-c2ccccc2Cl)c1. The molecule has 1 unspecified atom stereocenters. The van der Waals surface area contributed by atoms with Crippen molar-refractivity contribution in [2.24, 2.45) is 0 Å². The first-order valence-corrected chi connectivity index (χ1v) is 11.3. The number of carbonyl (C=O) groups is 2. The van der Waals surface area contributed by atoms with E-state index < -0.39 is 12.0 Å². The van der Waals surface area contributed by atoms with Gasteiger partial charge in [0.1, 0.15) is 6.04 Å². The van der Waals surface area contributed by atoms with Crippen LogP contribution in [0.2, 0.25) is 5.02 Å². The second kappa shape index (κ2) is 8.72. The molecule has 5 rings (SSSR count). The van der Waals surface area contributed by atoms with Crippen LogP contribution in [0.3, 0.4) is 0 Å². The van der Waals surface area contributed by atoms with Gasteiger partial charge >= 0.3 is 5.97 Å². The Morgan fingerprint density at radius 2 is 1.58 bits per heavy atom. The van der Waals surface area contributed by atoms with Crippen molar-refractivity contribution < 1.29 is 14.7 Å². The fourth-order valence-corrected chi connectivity index (χ4v) is 4.86. The lowest BCUT2D eigenvalue weighted by molar-refractivity contribution is -0.141. The first-order chi connectivity index (χ1) is 16.0. The number of hydrogen-bond donors (Lipinski definition) is 1. The van der Waals surface area contributed by atoms with E-state index in [4.69, 9.17) is 11.6 Å². The third-order valence-electron chi connectivity index (χ3n) is 6.29. The molecule has 4 nitrogen and oxygen atoms in total. The first-order valence-electron chi connectivity index (χ1n) is 10.9. The first kappa shape index (κ1) is 21.2. The second-order valence-corrected chi connectivity index (χ2v) is 8.70. The van der Waals surface area contributed by atoms with Gasteiger partial charge in [-0.05, 0) is 64.6 Å². The molecule has 0 spiro atoms. The lowest BCUT2D eigenvalue weighted by atomic mass is 9.91. The average Bonchev–Trinajstić information content (AvgIpc) is 3.34. The third kappa shape index (κ3) is 3.98. The highest BCUT2D eigenvalue weighted by Gasteiger charge is 2.34. The Bertz CT molecular complexity index is 1380. The Kier molecular flexibility index (Phi) is 5.61. The van der Waals surface area contributed by atoms with Crippen LogP contribution in [0.5, 0.6) is 0 Å². The van der Waals surface area contributed by atoms with E-state index in [1.165, 1.54) is 4.90 Å². The molecule has 0 aliphatic carbocycles. The van der Waals surface area contributed by atoms with Gasteiger partial charge in [0.15, 0.2) is 0 Å². The minimum Gasteiger partial charge on any atom is -0.480 e. The average molecular weight is 456 g/mol. The van der Waals surface area contributed by atoms with Crippen LogP contribution >= 0.6 is 11.6 Å².